The van der Waals surface area contributed by atoms with E-state index < -0.39 is 0 Å². The van der Waals surface area contributed by atoms with Crippen LogP contribution in [0.2, 0.25) is 0 Å². The smallest absolute Gasteiger partial charge is 0.267 e. The van der Waals surface area contributed by atoms with E-state index in [1.807, 2.05) is 6.26 Å². The number of nitrogens with zero attached hydrogens (tertiary/aromatic N) is 4. The number of carbonyl (C=O) groups is 2. The van der Waals surface area contributed by atoms with Crippen LogP contribution in [-0.4, -0.2) is 38.0 Å². The molecule has 108 valence electrons. The molecule has 0 aliphatic carbocycles. The summed E-state index contributed by atoms with van der Waals surface area (Å²) in [5.74, 6) is -0.539. The number of fused-ring (bicyclic) bond motifs is 2. The zero-order chi connectivity index (χ0) is 15.3. The van der Waals surface area contributed by atoms with Crippen LogP contribution < -0.4 is 4.90 Å². The molecule has 1 aliphatic heterocycles. The van der Waals surface area contributed by atoms with Gasteiger partial charge in [0.05, 0.1) is 17.5 Å². The van der Waals surface area contributed by atoms with Crippen molar-refractivity contribution in [3.63, 3.8) is 0 Å². The van der Waals surface area contributed by atoms with Gasteiger partial charge in [-0.2, -0.15) is 0 Å². The summed E-state index contributed by atoms with van der Waals surface area (Å²) in [4.78, 5) is 41.8. The maximum absolute atomic E-state index is 12.6. The average molecular weight is 311 g/mol. The first-order valence-corrected chi connectivity index (χ1v) is 7.66. The van der Waals surface area contributed by atoms with Gasteiger partial charge in [0.1, 0.15) is 5.52 Å². The molecule has 3 heterocycles. The van der Waals surface area contributed by atoms with Gasteiger partial charge in [0.25, 0.3) is 11.8 Å². The lowest BCUT2D eigenvalue weighted by molar-refractivity contribution is 0.0925. The van der Waals surface area contributed by atoms with Crippen LogP contribution in [0.15, 0.2) is 35.7 Å². The lowest BCUT2D eigenvalue weighted by atomic mass is 10.1. The molecule has 7 nitrogen and oxygen atoms in total. The lowest BCUT2D eigenvalue weighted by Crippen LogP contribution is -2.30. The van der Waals surface area contributed by atoms with E-state index in [-0.39, 0.29) is 17.6 Å². The summed E-state index contributed by atoms with van der Waals surface area (Å²) < 4.78 is 0. The zero-order valence-electron chi connectivity index (χ0n) is 11.4. The van der Waals surface area contributed by atoms with Crippen LogP contribution in [-0.2, 0) is 0 Å². The van der Waals surface area contributed by atoms with Crippen LogP contribution in [0.3, 0.4) is 0 Å². The van der Waals surface area contributed by atoms with E-state index in [2.05, 4.69) is 19.9 Å². The van der Waals surface area contributed by atoms with Gasteiger partial charge in [-0.15, -0.1) is 0 Å². The molecule has 8 heteroatoms. The van der Waals surface area contributed by atoms with Crippen LogP contribution in [0.4, 0.5) is 5.82 Å². The molecule has 2 aromatic heterocycles. The van der Waals surface area contributed by atoms with Crippen LogP contribution in [0.25, 0.3) is 11.2 Å². The van der Waals surface area contributed by atoms with Gasteiger partial charge in [-0.25, -0.2) is 19.9 Å². The van der Waals surface area contributed by atoms with E-state index in [0.717, 1.165) is 4.90 Å². The van der Waals surface area contributed by atoms with E-state index in [9.17, 15) is 9.59 Å². The first-order chi connectivity index (χ1) is 10.7. The summed E-state index contributed by atoms with van der Waals surface area (Å²) in [5, 5.41) is 0.450. The predicted octanol–water partition coefficient (Wildman–Crippen LogP) is 1.88. The molecular formula is C14H9N5O2S. The van der Waals surface area contributed by atoms with Gasteiger partial charge >= 0.3 is 0 Å². The zero-order valence-corrected chi connectivity index (χ0v) is 12.2. The Kier molecular flexibility index (Phi) is 2.73. The molecule has 0 atom stereocenters. The summed E-state index contributed by atoms with van der Waals surface area (Å²) in [7, 11) is 0. The van der Waals surface area contributed by atoms with E-state index in [4.69, 9.17) is 0 Å². The molecule has 0 unspecified atom stereocenters. The number of hydrogen-bond acceptors (Lipinski definition) is 6. The average Bonchev–Trinajstić information content (AvgIpc) is 3.11. The predicted molar refractivity (Wildman–Crippen MR) is 81.0 cm³/mol. The number of imide groups is 1. The summed E-state index contributed by atoms with van der Waals surface area (Å²) in [6.07, 6.45) is 3.28. The Hall–Kier alpha value is -2.74. The van der Waals surface area contributed by atoms with Crippen molar-refractivity contribution in [3.8, 4) is 0 Å². The molecule has 0 bridgehead atoms. The Morgan fingerprint density at radius 1 is 1.09 bits per heavy atom. The highest BCUT2D eigenvalue weighted by atomic mass is 32.2. The molecule has 3 aromatic rings. The van der Waals surface area contributed by atoms with E-state index in [0.29, 0.717) is 27.4 Å². The molecule has 0 saturated carbocycles. The second kappa shape index (κ2) is 4.63. The van der Waals surface area contributed by atoms with E-state index in [1.165, 1.54) is 18.1 Å². The van der Waals surface area contributed by atoms with Crippen LogP contribution >= 0.6 is 11.8 Å². The van der Waals surface area contributed by atoms with Gasteiger partial charge in [0, 0.05) is 0 Å². The highest BCUT2D eigenvalue weighted by molar-refractivity contribution is 7.98. The number of H-pyrrole nitrogens is 1. The Bertz CT molecular complexity index is 901. The molecule has 0 fully saturated rings. The number of amides is 2. The van der Waals surface area contributed by atoms with Gasteiger partial charge in [0.15, 0.2) is 16.6 Å². The SMILES string of the molecule is CSc1nc(N2C(=O)c3ccccc3C2=O)c2[nH]cnc2n1. The normalized spacial score (nSPS) is 14.0. The fourth-order valence-electron chi connectivity index (χ4n) is 2.43. The fraction of sp³-hybridized carbons (Fsp3) is 0.0714. The van der Waals surface area contributed by atoms with Crippen molar-refractivity contribution in [2.75, 3.05) is 11.2 Å². The molecular weight excluding hydrogens is 302 g/mol. The van der Waals surface area contributed by atoms with Crippen molar-refractivity contribution in [1.82, 2.24) is 19.9 Å². The number of rotatable bonds is 2. The highest BCUT2D eigenvalue weighted by Gasteiger charge is 2.38. The van der Waals surface area contributed by atoms with Crippen molar-refractivity contribution in [1.29, 1.82) is 0 Å². The van der Waals surface area contributed by atoms with Crippen molar-refractivity contribution < 1.29 is 9.59 Å². The van der Waals surface area contributed by atoms with Gasteiger partial charge in [-0.05, 0) is 18.4 Å². The minimum absolute atomic E-state index is 0.234. The first-order valence-electron chi connectivity index (χ1n) is 6.43. The second-order valence-electron chi connectivity index (χ2n) is 4.63. The number of carbonyl (C=O) groups excluding carboxylic acids is 2. The highest BCUT2D eigenvalue weighted by Crippen LogP contribution is 2.31. The van der Waals surface area contributed by atoms with Crippen molar-refractivity contribution in [2.24, 2.45) is 0 Å². The third-order valence-corrected chi connectivity index (χ3v) is 3.98. The summed E-state index contributed by atoms with van der Waals surface area (Å²) in [6, 6.07) is 6.73. The minimum Gasteiger partial charge on any atom is -0.340 e. The maximum Gasteiger partial charge on any atom is 0.267 e. The van der Waals surface area contributed by atoms with Crippen LogP contribution in [0.5, 0.6) is 0 Å². The third kappa shape index (κ3) is 1.67. The second-order valence-corrected chi connectivity index (χ2v) is 5.40. The number of anilines is 1. The quantitative estimate of drug-likeness (QED) is 0.441. The maximum atomic E-state index is 12.6. The molecule has 0 radical (unpaired) electrons. The number of imidazole rings is 1. The topological polar surface area (TPSA) is 91.8 Å². The van der Waals surface area contributed by atoms with Crippen molar-refractivity contribution >= 4 is 40.6 Å². The number of hydrogen-bond donors (Lipinski definition) is 1. The van der Waals surface area contributed by atoms with E-state index >= 15 is 0 Å². The first kappa shape index (κ1) is 13.0. The Morgan fingerprint density at radius 3 is 2.41 bits per heavy atom. The van der Waals surface area contributed by atoms with Gasteiger partial charge in [0.2, 0.25) is 0 Å². The monoisotopic (exact) mass is 311 g/mol. The summed E-state index contributed by atoms with van der Waals surface area (Å²) in [5.41, 5.74) is 1.65. The fourth-order valence-corrected chi connectivity index (χ4v) is 2.79. The van der Waals surface area contributed by atoms with Gasteiger partial charge < -0.3 is 4.98 Å². The van der Waals surface area contributed by atoms with Gasteiger partial charge in [-0.1, -0.05) is 23.9 Å². The molecule has 2 amide bonds. The van der Waals surface area contributed by atoms with Crippen LogP contribution in [0.1, 0.15) is 20.7 Å². The Balaban J connectivity index is 1.95. The van der Waals surface area contributed by atoms with Gasteiger partial charge in [-0.3, -0.25) is 9.59 Å². The molecule has 1 N–H and O–H groups in total. The lowest BCUT2D eigenvalue weighted by Gasteiger charge is -2.13. The standard InChI is InChI=1S/C14H9N5O2S/c1-22-14-17-10-9(15-6-16-10)11(18-14)19-12(20)7-4-2-3-5-8(7)13(19)21/h2-6H,1H3,(H,15,16,17,18). The number of thioether (sulfide) groups is 1. The Morgan fingerprint density at radius 2 is 1.77 bits per heavy atom. The third-order valence-electron chi connectivity index (χ3n) is 3.43. The number of benzene rings is 1. The van der Waals surface area contributed by atoms with E-state index in [1.54, 1.807) is 24.3 Å². The van der Waals surface area contributed by atoms with Crippen LogP contribution in [0, 0.1) is 0 Å². The molecule has 0 spiro atoms. The molecule has 0 saturated heterocycles. The largest absolute Gasteiger partial charge is 0.340 e. The van der Waals surface area contributed by atoms with Crippen molar-refractivity contribution in [3.05, 3.63) is 41.7 Å². The summed E-state index contributed by atoms with van der Waals surface area (Å²) >= 11 is 1.32. The molecule has 1 aliphatic rings. The molecule has 1 aromatic carbocycles. The number of nitrogens with one attached hydrogen (secondary N) is 1. The summed E-state index contributed by atoms with van der Waals surface area (Å²) in [6.45, 7) is 0. The van der Waals surface area contributed by atoms with Crippen molar-refractivity contribution in [2.45, 2.75) is 5.16 Å². The number of aromatic nitrogens is 4. The molecule has 4 rings (SSSR count). The Labute approximate surface area is 128 Å². The molecule has 22 heavy (non-hydrogen) atoms. The number of aromatic amines is 1. The minimum atomic E-state index is -0.387.